The Morgan fingerprint density at radius 2 is 2.05 bits per heavy atom. The molecule has 0 spiro atoms. The minimum absolute atomic E-state index is 0.0360. The summed E-state index contributed by atoms with van der Waals surface area (Å²) in [6.45, 7) is 2.31. The third-order valence-corrected chi connectivity index (χ3v) is 3.08. The molecular formula is C14H13ClN2O3. The Balaban J connectivity index is 2.31. The Bertz CT molecular complexity index is 659. The molecule has 20 heavy (non-hydrogen) atoms. The van der Waals surface area contributed by atoms with Crippen molar-refractivity contribution in [2.45, 2.75) is 13.5 Å². The highest BCUT2D eigenvalue weighted by atomic mass is 35.5. The highest BCUT2D eigenvalue weighted by molar-refractivity contribution is 6.32. The summed E-state index contributed by atoms with van der Waals surface area (Å²) in [5, 5.41) is 10.7. The van der Waals surface area contributed by atoms with Crippen LogP contribution in [0.25, 0.3) is 0 Å². The van der Waals surface area contributed by atoms with Crippen LogP contribution in [0.4, 0.5) is 5.69 Å². The number of hydrogen-bond acceptors (Lipinski definition) is 4. The number of nitrogens with zero attached hydrogens (tertiary/aromatic N) is 1. The molecule has 0 radical (unpaired) electrons. The van der Waals surface area contributed by atoms with Gasteiger partial charge in [0.15, 0.2) is 0 Å². The van der Waals surface area contributed by atoms with Crippen LogP contribution in [0.3, 0.4) is 0 Å². The standard InChI is InChI=1S/C14H13ClN2O3/c1-9-2-5-14(10(6-9)8-16)20-11-3-4-13(17(18)19)12(15)7-11/h2-7H,8,16H2,1H3. The molecule has 2 aromatic rings. The summed E-state index contributed by atoms with van der Waals surface area (Å²) in [5.74, 6) is 1.04. The first-order valence-corrected chi connectivity index (χ1v) is 6.30. The highest BCUT2D eigenvalue weighted by Gasteiger charge is 2.13. The van der Waals surface area contributed by atoms with Crippen molar-refractivity contribution in [3.8, 4) is 11.5 Å². The number of benzene rings is 2. The molecule has 5 nitrogen and oxygen atoms in total. The Labute approximate surface area is 121 Å². The largest absolute Gasteiger partial charge is 0.457 e. The number of rotatable bonds is 4. The molecule has 0 bridgehead atoms. The molecule has 0 aliphatic rings. The van der Waals surface area contributed by atoms with E-state index in [-0.39, 0.29) is 10.7 Å². The maximum Gasteiger partial charge on any atom is 0.288 e. The lowest BCUT2D eigenvalue weighted by atomic mass is 10.1. The zero-order valence-corrected chi connectivity index (χ0v) is 11.6. The molecule has 0 fully saturated rings. The summed E-state index contributed by atoms with van der Waals surface area (Å²) >= 11 is 5.84. The molecule has 0 saturated carbocycles. The molecule has 0 heterocycles. The molecule has 0 aliphatic heterocycles. The van der Waals surface area contributed by atoms with E-state index in [1.807, 2.05) is 25.1 Å². The molecule has 2 rings (SSSR count). The van der Waals surface area contributed by atoms with Crippen LogP contribution in [0.2, 0.25) is 5.02 Å². The van der Waals surface area contributed by atoms with Crippen molar-refractivity contribution in [1.29, 1.82) is 0 Å². The van der Waals surface area contributed by atoms with Crippen LogP contribution < -0.4 is 10.5 Å². The van der Waals surface area contributed by atoms with Crippen molar-refractivity contribution in [2.24, 2.45) is 5.73 Å². The van der Waals surface area contributed by atoms with Crippen molar-refractivity contribution in [2.75, 3.05) is 0 Å². The van der Waals surface area contributed by atoms with Crippen molar-refractivity contribution in [3.63, 3.8) is 0 Å². The average Bonchev–Trinajstić information content (AvgIpc) is 2.40. The first-order valence-electron chi connectivity index (χ1n) is 5.92. The van der Waals surface area contributed by atoms with Crippen molar-refractivity contribution >= 4 is 17.3 Å². The van der Waals surface area contributed by atoms with Gasteiger partial charge in [0, 0.05) is 24.2 Å². The van der Waals surface area contributed by atoms with E-state index >= 15 is 0 Å². The Morgan fingerprint density at radius 3 is 2.65 bits per heavy atom. The zero-order chi connectivity index (χ0) is 14.7. The third-order valence-electron chi connectivity index (χ3n) is 2.78. The van der Waals surface area contributed by atoms with E-state index in [1.165, 1.54) is 18.2 Å². The molecule has 0 aromatic heterocycles. The molecule has 6 heteroatoms. The fourth-order valence-corrected chi connectivity index (χ4v) is 2.03. The summed E-state index contributed by atoms with van der Waals surface area (Å²) in [6, 6.07) is 9.88. The van der Waals surface area contributed by atoms with E-state index in [2.05, 4.69) is 0 Å². The Kier molecular flexibility index (Phi) is 4.22. The number of aryl methyl sites for hydroxylation is 1. The molecule has 0 aliphatic carbocycles. The van der Waals surface area contributed by atoms with Gasteiger partial charge in [0.05, 0.1) is 4.92 Å². The van der Waals surface area contributed by atoms with Crippen LogP contribution in [-0.4, -0.2) is 4.92 Å². The smallest absolute Gasteiger partial charge is 0.288 e. The monoisotopic (exact) mass is 292 g/mol. The molecule has 0 amide bonds. The van der Waals surface area contributed by atoms with E-state index in [4.69, 9.17) is 22.1 Å². The summed E-state index contributed by atoms with van der Waals surface area (Å²) in [5.41, 5.74) is 7.46. The van der Waals surface area contributed by atoms with Gasteiger partial charge in [-0.2, -0.15) is 0 Å². The fraction of sp³-hybridized carbons (Fsp3) is 0.143. The maximum absolute atomic E-state index is 10.7. The lowest BCUT2D eigenvalue weighted by molar-refractivity contribution is -0.384. The quantitative estimate of drug-likeness (QED) is 0.686. The second-order valence-electron chi connectivity index (χ2n) is 4.29. The highest BCUT2D eigenvalue weighted by Crippen LogP contribution is 2.32. The summed E-state index contributed by atoms with van der Waals surface area (Å²) in [7, 11) is 0. The predicted octanol–water partition coefficient (Wildman–Crippen LogP) is 3.81. The van der Waals surface area contributed by atoms with Gasteiger partial charge in [0.25, 0.3) is 5.69 Å². The normalized spacial score (nSPS) is 10.3. The molecule has 0 saturated heterocycles. The van der Waals surface area contributed by atoms with Gasteiger partial charge < -0.3 is 10.5 Å². The molecular weight excluding hydrogens is 280 g/mol. The van der Waals surface area contributed by atoms with E-state index in [9.17, 15) is 10.1 Å². The van der Waals surface area contributed by atoms with Gasteiger partial charge in [-0.1, -0.05) is 29.3 Å². The summed E-state index contributed by atoms with van der Waals surface area (Å²) in [6.07, 6.45) is 0. The second kappa shape index (κ2) is 5.90. The van der Waals surface area contributed by atoms with Crippen LogP contribution in [0.5, 0.6) is 11.5 Å². The number of halogens is 1. The maximum atomic E-state index is 10.7. The first kappa shape index (κ1) is 14.3. The van der Waals surface area contributed by atoms with Crippen molar-refractivity contribution in [1.82, 2.24) is 0 Å². The number of nitro benzene ring substituents is 1. The van der Waals surface area contributed by atoms with Crippen LogP contribution in [-0.2, 0) is 6.54 Å². The summed E-state index contributed by atoms with van der Waals surface area (Å²) in [4.78, 5) is 10.2. The Morgan fingerprint density at radius 1 is 1.30 bits per heavy atom. The van der Waals surface area contributed by atoms with E-state index in [1.54, 1.807) is 0 Å². The third kappa shape index (κ3) is 3.07. The minimum atomic E-state index is -0.538. The minimum Gasteiger partial charge on any atom is -0.457 e. The number of ether oxygens (including phenoxy) is 1. The van der Waals surface area contributed by atoms with Crippen molar-refractivity contribution < 1.29 is 9.66 Å². The first-order chi connectivity index (χ1) is 9.51. The van der Waals surface area contributed by atoms with Crippen LogP contribution in [0.1, 0.15) is 11.1 Å². The molecule has 2 N–H and O–H groups in total. The lowest BCUT2D eigenvalue weighted by Crippen LogP contribution is -2.00. The van der Waals surface area contributed by atoms with E-state index in [0.29, 0.717) is 18.0 Å². The molecule has 0 atom stereocenters. The van der Waals surface area contributed by atoms with Gasteiger partial charge in [-0.3, -0.25) is 10.1 Å². The number of nitro groups is 1. The Hall–Kier alpha value is -2.11. The lowest BCUT2D eigenvalue weighted by Gasteiger charge is -2.11. The SMILES string of the molecule is Cc1ccc(Oc2ccc([N+](=O)[O-])c(Cl)c2)c(CN)c1. The molecule has 104 valence electrons. The van der Waals surface area contributed by atoms with Gasteiger partial charge in [-0.05, 0) is 19.1 Å². The van der Waals surface area contributed by atoms with Gasteiger partial charge in [-0.15, -0.1) is 0 Å². The molecule has 0 unspecified atom stereocenters. The van der Waals surface area contributed by atoms with Gasteiger partial charge in [0.2, 0.25) is 0 Å². The number of nitrogens with two attached hydrogens (primary N) is 1. The zero-order valence-electron chi connectivity index (χ0n) is 10.8. The van der Waals surface area contributed by atoms with E-state index < -0.39 is 4.92 Å². The molecule has 2 aromatic carbocycles. The fourth-order valence-electron chi connectivity index (χ4n) is 1.79. The van der Waals surface area contributed by atoms with Gasteiger partial charge in [0.1, 0.15) is 16.5 Å². The van der Waals surface area contributed by atoms with E-state index in [0.717, 1.165) is 11.1 Å². The van der Waals surface area contributed by atoms with Gasteiger partial charge in [-0.25, -0.2) is 0 Å². The summed E-state index contributed by atoms with van der Waals surface area (Å²) < 4.78 is 5.68. The van der Waals surface area contributed by atoms with Crippen LogP contribution in [0, 0.1) is 17.0 Å². The number of hydrogen-bond donors (Lipinski definition) is 1. The van der Waals surface area contributed by atoms with Crippen LogP contribution >= 0.6 is 11.6 Å². The van der Waals surface area contributed by atoms with Crippen LogP contribution in [0.15, 0.2) is 36.4 Å². The average molecular weight is 293 g/mol. The second-order valence-corrected chi connectivity index (χ2v) is 4.69. The van der Waals surface area contributed by atoms with Gasteiger partial charge >= 0.3 is 0 Å². The topological polar surface area (TPSA) is 78.4 Å². The predicted molar refractivity (Wildman–Crippen MR) is 77.3 cm³/mol. The van der Waals surface area contributed by atoms with Crippen molar-refractivity contribution in [3.05, 3.63) is 62.7 Å².